The second kappa shape index (κ2) is 6.31. The SMILES string of the molecule is Cc1ccc([C@]2(C)NC(=O)N(Cc3nc(-c4cccnc4)no3)C2=O)cc1. The van der Waals surface area contributed by atoms with Crippen LogP contribution in [0, 0.1) is 6.92 Å². The van der Waals surface area contributed by atoms with Gasteiger partial charge in [-0.2, -0.15) is 4.98 Å². The van der Waals surface area contributed by atoms with Gasteiger partial charge in [0, 0.05) is 18.0 Å². The Hall–Kier alpha value is -3.55. The number of aromatic nitrogens is 3. The lowest BCUT2D eigenvalue weighted by Crippen LogP contribution is -2.40. The van der Waals surface area contributed by atoms with Gasteiger partial charge < -0.3 is 9.84 Å². The number of pyridine rings is 1. The first-order valence-corrected chi connectivity index (χ1v) is 8.41. The molecular formula is C19H17N5O3. The molecule has 3 heterocycles. The number of nitrogens with one attached hydrogen (secondary N) is 1. The van der Waals surface area contributed by atoms with Gasteiger partial charge >= 0.3 is 6.03 Å². The quantitative estimate of drug-likeness (QED) is 0.714. The molecule has 4 rings (SSSR count). The fourth-order valence-electron chi connectivity index (χ4n) is 2.99. The van der Waals surface area contributed by atoms with Crippen LogP contribution >= 0.6 is 0 Å². The molecule has 2 aromatic heterocycles. The molecule has 1 aromatic carbocycles. The van der Waals surface area contributed by atoms with Gasteiger partial charge in [0.1, 0.15) is 12.1 Å². The zero-order chi connectivity index (χ0) is 19.0. The molecule has 3 aromatic rings. The van der Waals surface area contributed by atoms with E-state index < -0.39 is 11.6 Å². The first-order valence-electron chi connectivity index (χ1n) is 8.41. The lowest BCUT2D eigenvalue weighted by molar-refractivity contribution is -0.131. The Balaban J connectivity index is 1.56. The van der Waals surface area contributed by atoms with Crippen LogP contribution in [0.1, 0.15) is 23.9 Å². The molecule has 1 aliphatic rings. The molecule has 0 unspecified atom stereocenters. The summed E-state index contributed by atoms with van der Waals surface area (Å²) in [5, 5.41) is 6.65. The van der Waals surface area contributed by atoms with Gasteiger partial charge in [0.2, 0.25) is 11.7 Å². The minimum atomic E-state index is -1.13. The Labute approximate surface area is 155 Å². The molecule has 8 nitrogen and oxygen atoms in total. The van der Waals surface area contributed by atoms with Crippen molar-refractivity contribution in [2.75, 3.05) is 0 Å². The van der Waals surface area contributed by atoms with Crippen molar-refractivity contribution in [2.24, 2.45) is 0 Å². The van der Waals surface area contributed by atoms with Gasteiger partial charge in [0.25, 0.3) is 5.91 Å². The third-order valence-electron chi connectivity index (χ3n) is 4.59. The summed E-state index contributed by atoms with van der Waals surface area (Å²) in [4.78, 5) is 34.7. The smallest absolute Gasteiger partial charge is 0.325 e. The van der Waals surface area contributed by atoms with E-state index in [9.17, 15) is 9.59 Å². The topological polar surface area (TPSA) is 101 Å². The molecule has 27 heavy (non-hydrogen) atoms. The van der Waals surface area contributed by atoms with Crippen molar-refractivity contribution in [1.82, 2.24) is 25.3 Å². The molecule has 1 aliphatic heterocycles. The van der Waals surface area contributed by atoms with Crippen LogP contribution in [0.25, 0.3) is 11.4 Å². The Kier molecular flexibility index (Phi) is 3.95. The van der Waals surface area contributed by atoms with E-state index >= 15 is 0 Å². The molecule has 0 saturated carbocycles. The van der Waals surface area contributed by atoms with Crippen LogP contribution in [0.3, 0.4) is 0 Å². The number of hydrogen-bond donors (Lipinski definition) is 1. The number of carbonyl (C=O) groups is 2. The highest BCUT2D eigenvalue weighted by molar-refractivity contribution is 6.07. The maximum atomic E-state index is 12.9. The lowest BCUT2D eigenvalue weighted by Gasteiger charge is -2.22. The monoisotopic (exact) mass is 363 g/mol. The van der Waals surface area contributed by atoms with Crippen molar-refractivity contribution in [1.29, 1.82) is 0 Å². The largest absolute Gasteiger partial charge is 0.337 e. The van der Waals surface area contributed by atoms with Crippen LogP contribution in [-0.4, -0.2) is 32.0 Å². The van der Waals surface area contributed by atoms with E-state index in [0.717, 1.165) is 16.0 Å². The molecule has 8 heteroatoms. The maximum Gasteiger partial charge on any atom is 0.325 e. The predicted octanol–water partition coefficient (Wildman–Crippen LogP) is 2.41. The highest BCUT2D eigenvalue weighted by Gasteiger charge is 2.49. The van der Waals surface area contributed by atoms with E-state index in [4.69, 9.17) is 4.52 Å². The number of urea groups is 1. The lowest BCUT2D eigenvalue weighted by atomic mass is 9.91. The van der Waals surface area contributed by atoms with E-state index in [1.54, 1.807) is 31.5 Å². The highest BCUT2D eigenvalue weighted by Crippen LogP contribution is 2.30. The molecule has 136 valence electrons. The van der Waals surface area contributed by atoms with E-state index in [2.05, 4.69) is 20.4 Å². The molecule has 3 amide bonds. The van der Waals surface area contributed by atoms with Gasteiger partial charge in [-0.3, -0.25) is 14.7 Å². The minimum Gasteiger partial charge on any atom is -0.337 e. The number of rotatable bonds is 4. The normalized spacial score (nSPS) is 19.4. The third-order valence-corrected chi connectivity index (χ3v) is 4.59. The average Bonchev–Trinajstić information content (AvgIpc) is 3.22. The Morgan fingerprint density at radius 1 is 1.19 bits per heavy atom. The molecule has 0 radical (unpaired) electrons. The number of aryl methyl sites for hydroxylation is 1. The average molecular weight is 363 g/mol. The number of hydrogen-bond acceptors (Lipinski definition) is 6. The van der Waals surface area contributed by atoms with Crippen molar-refractivity contribution in [2.45, 2.75) is 25.9 Å². The van der Waals surface area contributed by atoms with Gasteiger partial charge in [0.05, 0.1) is 0 Å². The second-order valence-corrected chi connectivity index (χ2v) is 6.57. The minimum absolute atomic E-state index is 0.0978. The van der Waals surface area contributed by atoms with Crippen molar-refractivity contribution in [3.63, 3.8) is 0 Å². The third kappa shape index (κ3) is 2.95. The highest BCUT2D eigenvalue weighted by atomic mass is 16.5. The number of benzene rings is 1. The Morgan fingerprint density at radius 3 is 2.67 bits per heavy atom. The van der Waals surface area contributed by atoms with E-state index in [0.29, 0.717) is 11.4 Å². The van der Waals surface area contributed by atoms with Gasteiger partial charge in [-0.05, 0) is 31.5 Å². The standard InChI is InChI=1S/C19H17N5O3/c1-12-5-7-14(8-6-12)19(2)17(25)24(18(26)22-19)11-15-21-16(23-27-15)13-4-3-9-20-10-13/h3-10H,11H2,1-2H3,(H,22,26)/t19-/m0/s1. The Bertz CT molecular complexity index is 1000. The van der Waals surface area contributed by atoms with Crippen molar-refractivity contribution in [3.05, 3.63) is 65.8 Å². The summed E-state index contributed by atoms with van der Waals surface area (Å²) in [5.41, 5.74) is 1.35. The second-order valence-electron chi connectivity index (χ2n) is 6.57. The zero-order valence-corrected chi connectivity index (χ0v) is 14.8. The van der Waals surface area contributed by atoms with Crippen LogP contribution in [0.15, 0.2) is 53.3 Å². The first kappa shape index (κ1) is 16.9. The number of carbonyl (C=O) groups excluding carboxylic acids is 2. The van der Waals surface area contributed by atoms with Crippen LogP contribution < -0.4 is 5.32 Å². The van der Waals surface area contributed by atoms with E-state index in [-0.39, 0.29) is 18.3 Å². The fraction of sp³-hybridized carbons (Fsp3) is 0.211. The molecule has 1 atom stereocenters. The van der Waals surface area contributed by atoms with Gasteiger partial charge in [-0.15, -0.1) is 0 Å². The number of amides is 3. The van der Waals surface area contributed by atoms with Gasteiger partial charge in [-0.1, -0.05) is 35.0 Å². The molecule has 0 spiro atoms. The van der Waals surface area contributed by atoms with Crippen molar-refractivity contribution in [3.8, 4) is 11.4 Å². The van der Waals surface area contributed by atoms with Crippen LogP contribution in [0.5, 0.6) is 0 Å². The fourth-order valence-corrected chi connectivity index (χ4v) is 2.99. The van der Waals surface area contributed by atoms with E-state index in [1.807, 2.05) is 31.2 Å². The number of imide groups is 1. The summed E-state index contributed by atoms with van der Waals surface area (Å²) in [5.74, 6) is 0.162. The maximum absolute atomic E-state index is 12.9. The summed E-state index contributed by atoms with van der Waals surface area (Å²) < 4.78 is 5.20. The van der Waals surface area contributed by atoms with Gasteiger partial charge in [-0.25, -0.2) is 4.79 Å². The summed E-state index contributed by atoms with van der Waals surface area (Å²) >= 11 is 0. The van der Waals surface area contributed by atoms with E-state index in [1.165, 1.54) is 0 Å². The van der Waals surface area contributed by atoms with Crippen molar-refractivity contribution < 1.29 is 14.1 Å². The summed E-state index contributed by atoms with van der Waals surface area (Å²) in [7, 11) is 0. The molecule has 1 fully saturated rings. The summed E-state index contributed by atoms with van der Waals surface area (Å²) in [6.07, 6.45) is 3.25. The van der Waals surface area contributed by atoms with Crippen LogP contribution in [0.2, 0.25) is 0 Å². The molecule has 0 aliphatic carbocycles. The zero-order valence-electron chi connectivity index (χ0n) is 14.8. The summed E-state index contributed by atoms with van der Waals surface area (Å²) in [6.45, 7) is 3.55. The predicted molar refractivity (Wildman–Crippen MR) is 95.1 cm³/mol. The number of nitrogens with zero attached hydrogens (tertiary/aromatic N) is 4. The van der Waals surface area contributed by atoms with Gasteiger partial charge in [0.15, 0.2) is 0 Å². The molecule has 1 saturated heterocycles. The van der Waals surface area contributed by atoms with Crippen LogP contribution in [-0.2, 0) is 16.9 Å². The molecule has 0 bridgehead atoms. The first-order chi connectivity index (χ1) is 13.0. The Morgan fingerprint density at radius 2 is 1.96 bits per heavy atom. The summed E-state index contributed by atoms with van der Waals surface area (Å²) in [6, 6.07) is 10.5. The van der Waals surface area contributed by atoms with Crippen LogP contribution in [0.4, 0.5) is 4.79 Å². The molecular weight excluding hydrogens is 346 g/mol. The molecule has 1 N–H and O–H groups in total. The van der Waals surface area contributed by atoms with Crippen molar-refractivity contribution >= 4 is 11.9 Å².